The summed E-state index contributed by atoms with van der Waals surface area (Å²) in [7, 11) is 0. The Bertz CT molecular complexity index is 253. The molecule has 0 aliphatic rings. The molecule has 0 fully saturated rings. The Morgan fingerprint density at radius 3 is 2.23 bits per heavy atom. The van der Waals surface area contributed by atoms with E-state index in [4.69, 9.17) is 11.6 Å². The van der Waals surface area contributed by atoms with Crippen molar-refractivity contribution in [2.45, 2.75) is 25.6 Å². The van der Waals surface area contributed by atoms with Crippen LogP contribution in [0.2, 0.25) is 0 Å². The monoisotopic (exact) mass is 308 g/mol. The minimum absolute atomic E-state index is 0.250. The molecule has 1 rings (SSSR count). The van der Waals surface area contributed by atoms with Crippen LogP contribution in [0.25, 0.3) is 0 Å². The summed E-state index contributed by atoms with van der Waals surface area (Å²) in [5.41, 5.74) is 1.33. The van der Waals surface area contributed by atoms with Gasteiger partial charge in [-0.3, -0.25) is 0 Å². The molecule has 1 aromatic carbocycles. The van der Waals surface area contributed by atoms with Crippen LogP contribution in [0, 0.1) is 9.49 Å². The Labute approximate surface area is 98.8 Å². The largest absolute Gasteiger partial charge is 0.122 e. The van der Waals surface area contributed by atoms with E-state index in [2.05, 4.69) is 60.7 Å². The fraction of sp³-hybridized carbons (Fsp3) is 0.455. The van der Waals surface area contributed by atoms with E-state index >= 15 is 0 Å². The van der Waals surface area contributed by atoms with Gasteiger partial charge in [0, 0.05) is 8.95 Å². The van der Waals surface area contributed by atoms with Crippen molar-refractivity contribution in [3.8, 4) is 0 Å². The number of alkyl halides is 1. The van der Waals surface area contributed by atoms with Crippen molar-refractivity contribution in [2.75, 3.05) is 0 Å². The smallest absolute Gasteiger partial charge is 0.0399 e. The fourth-order valence-corrected chi connectivity index (χ4v) is 1.62. The predicted molar refractivity (Wildman–Crippen MR) is 67.3 cm³/mol. The minimum Gasteiger partial charge on any atom is -0.122 e. The zero-order valence-electron chi connectivity index (χ0n) is 7.93. The Balaban J connectivity index is 2.59. The predicted octanol–water partition coefficient (Wildman–Crippen LogP) is 4.10. The molecule has 72 valence electrons. The Hall–Kier alpha value is 0.240. The lowest BCUT2D eigenvalue weighted by atomic mass is 10.0. The normalized spacial score (nSPS) is 13.3. The molecule has 0 aromatic heterocycles. The summed E-state index contributed by atoms with van der Waals surface area (Å²) in [5, 5.41) is 0.250. The van der Waals surface area contributed by atoms with Gasteiger partial charge in [0.25, 0.3) is 0 Å². The molecule has 0 amide bonds. The maximum atomic E-state index is 6.19. The molecule has 0 bridgehead atoms. The summed E-state index contributed by atoms with van der Waals surface area (Å²) < 4.78 is 1.28. The third-order valence-electron chi connectivity index (χ3n) is 2.07. The molecule has 1 aromatic rings. The highest BCUT2D eigenvalue weighted by Crippen LogP contribution is 2.16. The van der Waals surface area contributed by atoms with Gasteiger partial charge in [-0.2, -0.15) is 0 Å². The molecular formula is C11H14ClI. The maximum absolute atomic E-state index is 6.19. The van der Waals surface area contributed by atoms with Crippen LogP contribution in [0.1, 0.15) is 19.4 Å². The number of hydrogen-bond donors (Lipinski definition) is 0. The molecule has 1 unspecified atom stereocenters. The third kappa shape index (κ3) is 3.86. The van der Waals surface area contributed by atoms with Gasteiger partial charge in [0.2, 0.25) is 0 Å². The summed E-state index contributed by atoms with van der Waals surface area (Å²) in [4.78, 5) is 0. The summed E-state index contributed by atoms with van der Waals surface area (Å²) in [5.74, 6) is 0.543. The second kappa shape index (κ2) is 5.20. The van der Waals surface area contributed by atoms with Crippen molar-refractivity contribution in [2.24, 2.45) is 5.92 Å². The molecule has 0 saturated heterocycles. The van der Waals surface area contributed by atoms with E-state index in [-0.39, 0.29) is 5.38 Å². The van der Waals surface area contributed by atoms with E-state index in [1.807, 2.05) is 0 Å². The van der Waals surface area contributed by atoms with Crippen molar-refractivity contribution < 1.29 is 0 Å². The summed E-state index contributed by atoms with van der Waals surface area (Å²) >= 11 is 8.50. The van der Waals surface area contributed by atoms with Crippen LogP contribution in [-0.4, -0.2) is 5.38 Å². The van der Waals surface area contributed by atoms with Gasteiger partial charge in [-0.25, -0.2) is 0 Å². The second-order valence-electron chi connectivity index (χ2n) is 3.59. The standard InChI is InChI=1S/C11H14ClI/c1-8(2)11(12)7-9-3-5-10(13)6-4-9/h3-6,8,11H,7H2,1-2H3. The maximum Gasteiger partial charge on any atom is 0.0399 e. The van der Waals surface area contributed by atoms with Crippen molar-refractivity contribution in [3.63, 3.8) is 0 Å². The topological polar surface area (TPSA) is 0 Å². The highest BCUT2D eigenvalue weighted by Gasteiger charge is 2.09. The molecule has 13 heavy (non-hydrogen) atoms. The van der Waals surface area contributed by atoms with E-state index in [1.54, 1.807) is 0 Å². The zero-order valence-corrected chi connectivity index (χ0v) is 10.8. The highest BCUT2D eigenvalue weighted by atomic mass is 127. The third-order valence-corrected chi connectivity index (χ3v) is 3.44. The molecule has 0 saturated carbocycles. The Kier molecular flexibility index (Phi) is 4.53. The summed E-state index contributed by atoms with van der Waals surface area (Å²) in [6, 6.07) is 8.55. The van der Waals surface area contributed by atoms with Crippen molar-refractivity contribution >= 4 is 34.2 Å². The molecule has 1 atom stereocenters. The zero-order chi connectivity index (χ0) is 9.84. The highest BCUT2D eigenvalue weighted by molar-refractivity contribution is 14.1. The van der Waals surface area contributed by atoms with E-state index < -0.39 is 0 Å². The van der Waals surface area contributed by atoms with Crippen LogP contribution in [0.5, 0.6) is 0 Å². The second-order valence-corrected chi connectivity index (χ2v) is 5.40. The lowest BCUT2D eigenvalue weighted by molar-refractivity contribution is 0.596. The first kappa shape index (κ1) is 11.3. The number of rotatable bonds is 3. The van der Waals surface area contributed by atoms with Gasteiger partial charge < -0.3 is 0 Å². The SMILES string of the molecule is CC(C)C(Cl)Cc1ccc(I)cc1. The number of hydrogen-bond acceptors (Lipinski definition) is 0. The van der Waals surface area contributed by atoms with Crippen LogP contribution in [0.3, 0.4) is 0 Å². The van der Waals surface area contributed by atoms with Crippen LogP contribution < -0.4 is 0 Å². The van der Waals surface area contributed by atoms with Crippen molar-refractivity contribution in [1.29, 1.82) is 0 Å². The Morgan fingerprint density at radius 2 is 1.77 bits per heavy atom. The first-order valence-electron chi connectivity index (χ1n) is 4.48. The molecule has 0 heterocycles. The van der Waals surface area contributed by atoms with Crippen LogP contribution in [0.15, 0.2) is 24.3 Å². The van der Waals surface area contributed by atoms with E-state index in [1.165, 1.54) is 9.13 Å². The summed E-state index contributed by atoms with van der Waals surface area (Å²) in [6.07, 6.45) is 0.968. The van der Waals surface area contributed by atoms with E-state index in [0.717, 1.165) is 6.42 Å². The minimum atomic E-state index is 0.250. The number of benzene rings is 1. The van der Waals surface area contributed by atoms with E-state index in [9.17, 15) is 0 Å². The molecule has 0 aliphatic carbocycles. The average Bonchev–Trinajstić information content (AvgIpc) is 2.08. The van der Waals surface area contributed by atoms with E-state index in [0.29, 0.717) is 5.92 Å². The molecule has 0 N–H and O–H groups in total. The van der Waals surface area contributed by atoms with Gasteiger partial charge in [-0.1, -0.05) is 26.0 Å². The van der Waals surface area contributed by atoms with Crippen molar-refractivity contribution in [1.82, 2.24) is 0 Å². The van der Waals surface area contributed by atoms with Gasteiger partial charge >= 0.3 is 0 Å². The average molecular weight is 309 g/mol. The Morgan fingerprint density at radius 1 is 1.23 bits per heavy atom. The van der Waals surface area contributed by atoms with Crippen molar-refractivity contribution in [3.05, 3.63) is 33.4 Å². The van der Waals surface area contributed by atoms with Gasteiger partial charge in [0.15, 0.2) is 0 Å². The molecule has 0 nitrogen and oxygen atoms in total. The first-order chi connectivity index (χ1) is 6.09. The van der Waals surface area contributed by atoms with Gasteiger partial charge in [-0.15, -0.1) is 11.6 Å². The molecule has 0 radical (unpaired) electrons. The van der Waals surface area contributed by atoms with Gasteiger partial charge in [-0.05, 0) is 52.6 Å². The molecule has 0 aliphatic heterocycles. The van der Waals surface area contributed by atoms with Crippen LogP contribution in [0.4, 0.5) is 0 Å². The lowest BCUT2D eigenvalue weighted by Crippen LogP contribution is -2.10. The first-order valence-corrected chi connectivity index (χ1v) is 5.99. The van der Waals surface area contributed by atoms with Gasteiger partial charge in [0.1, 0.15) is 0 Å². The van der Waals surface area contributed by atoms with Crippen LogP contribution in [-0.2, 0) is 6.42 Å². The lowest BCUT2D eigenvalue weighted by Gasteiger charge is -2.12. The summed E-state index contributed by atoms with van der Waals surface area (Å²) in [6.45, 7) is 4.31. The molecule has 0 spiro atoms. The molecule has 2 heteroatoms. The number of halogens is 2. The molecular weight excluding hydrogens is 294 g/mol. The fourth-order valence-electron chi connectivity index (χ4n) is 1.08. The van der Waals surface area contributed by atoms with Gasteiger partial charge in [0.05, 0.1) is 0 Å². The van der Waals surface area contributed by atoms with Crippen LogP contribution >= 0.6 is 34.2 Å². The quantitative estimate of drug-likeness (QED) is 0.582.